The molecular weight excluding hydrogens is 628 g/mol. The Morgan fingerprint density at radius 2 is 1.94 bits per heavy atom. The topological polar surface area (TPSA) is 117 Å². The van der Waals surface area contributed by atoms with E-state index in [0.29, 0.717) is 25.1 Å². The van der Waals surface area contributed by atoms with E-state index < -0.39 is 43.1 Å². The van der Waals surface area contributed by atoms with Gasteiger partial charge in [0.25, 0.3) is 11.8 Å². The second-order valence-electron chi connectivity index (χ2n) is 13.4. The van der Waals surface area contributed by atoms with E-state index in [1.54, 1.807) is 6.07 Å². The first-order valence-electron chi connectivity index (χ1n) is 15.7. The average Bonchev–Trinajstić information content (AvgIpc) is 3.66. The fraction of sp³-hybridized carbons (Fsp3) is 0.455. The molecule has 1 aromatic carbocycles. The number of carbonyl (C=O) groups is 3. The molecule has 1 saturated heterocycles. The highest BCUT2D eigenvalue weighted by Gasteiger charge is 2.57. The predicted molar refractivity (Wildman–Crippen MR) is 172 cm³/mol. The number of aromatic nitrogens is 1. The Balaban J connectivity index is 1.36. The quantitative estimate of drug-likeness (QED) is 0.174. The molecular formula is C33H39F2N5O6Si. The fourth-order valence-electron chi connectivity index (χ4n) is 6.19. The highest BCUT2D eigenvalue weighted by Crippen LogP contribution is 2.38. The van der Waals surface area contributed by atoms with E-state index >= 15 is 8.78 Å². The van der Waals surface area contributed by atoms with Crippen LogP contribution in [0.1, 0.15) is 40.7 Å². The van der Waals surface area contributed by atoms with Crippen molar-refractivity contribution in [3.63, 3.8) is 0 Å². The second-order valence-corrected chi connectivity index (χ2v) is 19.0. The number of pyridine rings is 1. The largest absolute Gasteiger partial charge is 0.494 e. The third-order valence-corrected chi connectivity index (χ3v) is 10.7. The molecule has 0 bridgehead atoms. The molecule has 4 amide bonds. The van der Waals surface area contributed by atoms with Crippen LogP contribution in [-0.2, 0) is 21.6 Å². The SMILES string of the molecule is CCN1CC=C(c2nc3cc(C4(CN5Cc6ccc(OC)c(F)c6C5=O)NC(=O)N(COCC[Si](C)(C)C)C4=O)oc3cc2F)CC1. The number of ether oxygens (including phenoxy) is 2. The van der Waals surface area contributed by atoms with Crippen LogP contribution >= 0.6 is 0 Å². The predicted octanol–water partition coefficient (Wildman–Crippen LogP) is 4.94. The van der Waals surface area contributed by atoms with Gasteiger partial charge in [0.15, 0.2) is 28.5 Å². The van der Waals surface area contributed by atoms with Crippen molar-refractivity contribution in [2.75, 3.05) is 46.6 Å². The lowest BCUT2D eigenvalue weighted by atomic mass is 9.95. The molecule has 3 aromatic rings. The van der Waals surface area contributed by atoms with Gasteiger partial charge < -0.3 is 24.1 Å². The number of methoxy groups -OCH3 is 1. The highest BCUT2D eigenvalue weighted by molar-refractivity contribution is 6.76. The molecule has 6 rings (SSSR count). The molecule has 47 heavy (non-hydrogen) atoms. The van der Waals surface area contributed by atoms with Crippen molar-refractivity contribution in [1.29, 1.82) is 0 Å². The smallest absolute Gasteiger partial charge is 0.327 e. The van der Waals surface area contributed by atoms with Crippen molar-refractivity contribution in [2.45, 2.75) is 51.1 Å². The number of likely N-dealkylation sites (N-methyl/N-ethyl adjacent to an activating group) is 1. The minimum absolute atomic E-state index is 0.0210. The zero-order chi connectivity index (χ0) is 33.7. The van der Waals surface area contributed by atoms with Crippen LogP contribution in [0.5, 0.6) is 5.75 Å². The Hall–Kier alpha value is -4.14. The van der Waals surface area contributed by atoms with E-state index in [2.05, 4.69) is 41.8 Å². The first-order valence-corrected chi connectivity index (χ1v) is 19.4. The van der Waals surface area contributed by atoms with Gasteiger partial charge in [0.05, 0.1) is 19.2 Å². The summed E-state index contributed by atoms with van der Waals surface area (Å²) in [4.78, 5) is 50.2. The third-order valence-electron chi connectivity index (χ3n) is 9.02. The van der Waals surface area contributed by atoms with Gasteiger partial charge >= 0.3 is 6.03 Å². The number of hydrogen-bond acceptors (Lipinski definition) is 8. The Bertz CT molecular complexity index is 1790. The van der Waals surface area contributed by atoms with Crippen LogP contribution < -0.4 is 10.1 Å². The number of amides is 4. The van der Waals surface area contributed by atoms with Crippen molar-refractivity contribution in [3.8, 4) is 5.75 Å². The lowest BCUT2D eigenvalue weighted by molar-refractivity contribution is -0.136. The maximum atomic E-state index is 15.4. The molecule has 14 heteroatoms. The summed E-state index contributed by atoms with van der Waals surface area (Å²) in [6.45, 7) is 10.6. The number of benzene rings is 1. The normalized spacial score (nSPS) is 20.3. The Kier molecular flexibility index (Phi) is 8.70. The summed E-state index contributed by atoms with van der Waals surface area (Å²) in [5.41, 5.74) is -0.338. The van der Waals surface area contributed by atoms with Crippen LogP contribution in [0.3, 0.4) is 0 Å². The molecule has 5 heterocycles. The van der Waals surface area contributed by atoms with Crippen LogP contribution in [0.2, 0.25) is 25.7 Å². The van der Waals surface area contributed by atoms with Gasteiger partial charge in [-0.15, -0.1) is 0 Å². The molecule has 11 nitrogen and oxygen atoms in total. The Morgan fingerprint density at radius 3 is 2.62 bits per heavy atom. The summed E-state index contributed by atoms with van der Waals surface area (Å²) in [6, 6.07) is 5.82. The van der Waals surface area contributed by atoms with Gasteiger partial charge in [-0.2, -0.15) is 0 Å². The second kappa shape index (κ2) is 12.5. The molecule has 0 radical (unpaired) electrons. The van der Waals surface area contributed by atoms with E-state index in [-0.39, 0.29) is 53.7 Å². The number of urea groups is 1. The van der Waals surface area contributed by atoms with Crippen LogP contribution in [0, 0.1) is 11.6 Å². The number of fused-ring (bicyclic) bond motifs is 2. The Morgan fingerprint density at radius 1 is 1.15 bits per heavy atom. The van der Waals surface area contributed by atoms with E-state index in [1.807, 2.05) is 6.08 Å². The van der Waals surface area contributed by atoms with E-state index in [0.717, 1.165) is 29.6 Å². The molecule has 0 saturated carbocycles. The number of nitrogens with zero attached hydrogens (tertiary/aromatic N) is 4. The molecule has 250 valence electrons. The van der Waals surface area contributed by atoms with Gasteiger partial charge in [0.2, 0.25) is 0 Å². The summed E-state index contributed by atoms with van der Waals surface area (Å²) in [6.07, 6.45) is 2.58. The number of carbonyl (C=O) groups excluding carboxylic acids is 3. The minimum Gasteiger partial charge on any atom is -0.494 e. The van der Waals surface area contributed by atoms with Gasteiger partial charge in [-0.25, -0.2) is 23.5 Å². The standard InChI is InChI=1S/C33H39F2N5O6Si/c1-6-38-11-9-20(10-12-38)29-22(34)15-25-23(36-29)16-26(46-25)33(31(42)40(32(43)37-33)19-45-13-14-47(3,4)5)18-39-17-21-7-8-24(44-2)28(35)27(21)30(39)41/h7-9,15-16H,6,10-14,17-19H2,1-5H3,(H,37,43). The number of halogens is 2. The number of nitrogens with one attached hydrogen (secondary N) is 1. The summed E-state index contributed by atoms with van der Waals surface area (Å²) < 4.78 is 47.5. The van der Waals surface area contributed by atoms with E-state index in [4.69, 9.17) is 13.9 Å². The van der Waals surface area contributed by atoms with Crippen molar-refractivity contribution in [2.24, 2.45) is 0 Å². The van der Waals surface area contributed by atoms with Crippen LogP contribution in [-0.4, -0.2) is 92.2 Å². The highest BCUT2D eigenvalue weighted by atomic mass is 28.3. The van der Waals surface area contributed by atoms with Gasteiger partial charge in [0, 0.05) is 46.4 Å². The first-order chi connectivity index (χ1) is 22.3. The van der Waals surface area contributed by atoms with Crippen molar-refractivity contribution in [1.82, 2.24) is 25.0 Å². The molecule has 3 aliphatic heterocycles. The molecule has 0 spiro atoms. The zero-order valence-corrected chi connectivity index (χ0v) is 28.2. The van der Waals surface area contributed by atoms with E-state index in [1.165, 1.54) is 30.2 Å². The van der Waals surface area contributed by atoms with Gasteiger partial charge in [-0.1, -0.05) is 38.7 Å². The maximum absolute atomic E-state index is 15.4. The Labute approximate surface area is 272 Å². The first kappa shape index (κ1) is 32.8. The maximum Gasteiger partial charge on any atom is 0.327 e. The third kappa shape index (κ3) is 6.05. The van der Waals surface area contributed by atoms with Crippen molar-refractivity contribution in [3.05, 3.63) is 64.6 Å². The molecule has 1 N–H and O–H groups in total. The van der Waals surface area contributed by atoms with Crippen LogP contribution in [0.4, 0.5) is 13.6 Å². The minimum atomic E-state index is -1.92. The van der Waals surface area contributed by atoms with Crippen LogP contribution in [0.25, 0.3) is 16.7 Å². The summed E-state index contributed by atoms with van der Waals surface area (Å²) in [5, 5.41) is 2.74. The van der Waals surface area contributed by atoms with Crippen molar-refractivity contribution >= 4 is 42.6 Å². The number of rotatable bonds is 11. The summed E-state index contributed by atoms with van der Waals surface area (Å²) in [7, 11) is -0.138. The van der Waals surface area contributed by atoms with Crippen molar-refractivity contribution < 1.29 is 37.1 Å². The van der Waals surface area contributed by atoms with Gasteiger partial charge in [0.1, 0.15) is 23.7 Å². The van der Waals surface area contributed by atoms with Gasteiger partial charge in [-0.05, 0) is 36.2 Å². The lowest BCUT2D eigenvalue weighted by Crippen LogP contribution is -2.52. The van der Waals surface area contributed by atoms with Crippen LogP contribution in [0.15, 0.2) is 34.8 Å². The molecule has 0 aliphatic carbocycles. The lowest BCUT2D eigenvalue weighted by Gasteiger charge is -2.29. The fourth-order valence-corrected chi connectivity index (χ4v) is 6.95. The molecule has 3 aliphatic rings. The number of hydrogen-bond donors (Lipinski definition) is 1. The van der Waals surface area contributed by atoms with Gasteiger partial charge in [-0.3, -0.25) is 14.5 Å². The molecule has 2 aromatic heterocycles. The molecule has 1 fully saturated rings. The monoisotopic (exact) mass is 667 g/mol. The van der Waals surface area contributed by atoms with E-state index in [9.17, 15) is 14.4 Å². The molecule has 1 atom stereocenters. The average molecular weight is 668 g/mol. The molecule has 1 unspecified atom stereocenters. The summed E-state index contributed by atoms with van der Waals surface area (Å²) >= 11 is 0. The number of furan rings is 1. The number of imide groups is 1. The summed E-state index contributed by atoms with van der Waals surface area (Å²) in [5.74, 6) is -2.88. The zero-order valence-electron chi connectivity index (χ0n) is 27.2.